The Kier molecular flexibility index (Phi) is 29.3. The van der Waals surface area contributed by atoms with Gasteiger partial charge in [-0.3, -0.25) is 14.4 Å². The molecule has 1 aromatic rings. The van der Waals surface area contributed by atoms with Crippen LogP contribution in [0.15, 0.2) is 6.20 Å². The number of alkyl carbamates (subject to hydrolysis) is 1. The van der Waals surface area contributed by atoms with Crippen molar-refractivity contribution in [2.24, 2.45) is 0 Å². The Balaban J connectivity index is 1.98. The van der Waals surface area contributed by atoms with Crippen LogP contribution in [0.5, 0.6) is 0 Å². The maximum absolute atomic E-state index is 12.3. The van der Waals surface area contributed by atoms with Crippen molar-refractivity contribution < 1.29 is 48.4 Å². The van der Waals surface area contributed by atoms with Crippen molar-refractivity contribution in [3.8, 4) is 0 Å². The quantitative estimate of drug-likeness (QED) is 0.0585. The van der Waals surface area contributed by atoms with Gasteiger partial charge >= 0.3 is 18.0 Å². The molecule has 0 saturated heterocycles. The number of rotatable bonds is 36. The van der Waals surface area contributed by atoms with Crippen LogP contribution >= 0.6 is 0 Å². The summed E-state index contributed by atoms with van der Waals surface area (Å²) in [6.45, 7) is 5.08. The van der Waals surface area contributed by atoms with E-state index in [9.17, 15) is 29.1 Å². The van der Waals surface area contributed by atoms with E-state index in [0.29, 0.717) is 51.4 Å². The highest BCUT2D eigenvalue weighted by atomic mass is 16.5. The van der Waals surface area contributed by atoms with Crippen molar-refractivity contribution in [2.75, 3.05) is 46.1 Å². The van der Waals surface area contributed by atoms with Gasteiger partial charge in [-0.25, -0.2) is 14.3 Å². The number of carbonyl (C=O) groups excluding carboxylic acids is 3. The molecule has 5 N–H and O–H groups in total. The van der Waals surface area contributed by atoms with Crippen LogP contribution in [0.2, 0.25) is 0 Å². The van der Waals surface area contributed by atoms with Gasteiger partial charge in [0.2, 0.25) is 11.8 Å². The highest BCUT2D eigenvalue weighted by Crippen LogP contribution is 2.13. The zero-order valence-corrected chi connectivity index (χ0v) is 32.0. The fraction of sp³-hybridized carbons (Fsp3) is 0.811. The minimum Gasteiger partial charge on any atom is -0.481 e. The Hall–Kier alpha value is -3.79. The average Bonchev–Trinajstić information content (AvgIpc) is 3.58. The molecule has 1 rings (SSSR count). The van der Waals surface area contributed by atoms with Crippen LogP contribution in [0.4, 0.5) is 4.79 Å². The molecule has 53 heavy (non-hydrogen) atoms. The molecular formula is C37H66N6O10. The molecule has 0 aliphatic rings. The minimum absolute atomic E-state index is 0.00132. The maximum atomic E-state index is 12.3. The average molecular weight is 755 g/mol. The summed E-state index contributed by atoms with van der Waals surface area (Å²) in [4.78, 5) is 58.3. The van der Waals surface area contributed by atoms with Crippen molar-refractivity contribution in [1.82, 2.24) is 30.9 Å². The second-order valence-electron chi connectivity index (χ2n) is 13.2. The van der Waals surface area contributed by atoms with Gasteiger partial charge in [-0.05, 0) is 25.7 Å². The standard InChI is InChI=1S/C37H66N6O10/c1-2-3-16-22-39-37(50)53-25-21-31-30-43(42-41-31)24-27-52-29-28-51-26-23-38-33(44)20-19-32(36(48)49)40-34(45)17-14-12-10-8-6-4-5-7-9-11-13-15-18-35(46)47/h30,32H,2-29H2,1H3,(H,38,44)(H,39,50)(H,40,45)(H,46,47)(H,48,49). The first kappa shape index (κ1) is 47.2. The summed E-state index contributed by atoms with van der Waals surface area (Å²) in [6.07, 6.45) is 17.9. The Morgan fingerprint density at radius 3 is 1.94 bits per heavy atom. The minimum atomic E-state index is -1.16. The van der Waals surface area contributed by atoms with E-state index in [1.165, 1.54) is 19.3 Å². The lowest BCUT2D eigenvalue weighted by molar-refractivity contribution is -0.142. The summed E-state index contributed by atoms with van der Waals surface area (Å²) in [7, 11) is 0. The van der Waals surface area contributed by atoms with Crippen LogP contribution in [-0.2, 0) is 46.4 Å². The Morgan fingerprint density at radius 2 is 1.32 bits per heavy atom. The molecule has 0 spiro atoms. The molecular weight excluding hydrogens is 688 g/mol. The van der Waals surface area contributed by atoms with Crippen molar-refractivity contribution in [2.45, 2.75) is 148 Å². The van der Waals surface area contributed by atoms with Gasteiger partial charge in [-0.2, -0.15) is 0 Å². The number of nitrogens with zero attached hydrogens (tertiary/aromatic N) is 3. The number of hydrogen-bond acceptors (Lipinski definition) is 10. The lowest BCUT2D eigenvalue weighted by Crippen LogP contribution is -2.41. The normalized spacial score (nSPS) is 11.6. The van der Waals surface area contributed by atoms with E-state index in [0.717, 1.165) is 70.6 Å². The highest BCUT2D eigenvalue weighted by Gasteiger charge is 2.20. The lowest BCUT2D eigenvalue weighted by atomic mass is 10.0. The zero-order chi connectivity index (χ0) is 38.8. The van der Waals surface area contributed by atoms with Crippen molar-refractivity contribution in [3.63, 3.8) is 0 Å². The first-order valence-electron chi connectivity index (χ1n) is 19.7. The van der Waals surface area contributed by atoms with Crippen LogP contribution in [-0.4, -0.2) is 107 Å². The molecule has 1 atom stereocenters. The summed E-state index contributed by atoms with van der Waals surface area (Å²) >= 11 is 0. The van der Waals surface area contributed by atoms with Gasteiger partial charge in [0.1, 0.15) is 6.04 Å². The third-order valence-corrected chi connectivity index (χ3v) is 8.47. The predicted molar refractivity (Wildman–Crippen MR) is 198 cm³/mol. The monoisotopic (exact) mass is 754 g/mol. The number of amides is 3. The number of carboxylic acid groups (broad SMARTS) is 2. The zero-order valence-electron chi connectivity index (χ0n) is 32.0. The third-order valence-electron chi connectivity index (χ3n) is 8.47. The number of unbranched alkanes of at least 4 members (excludes halogenated alkanes) is 13. The number of nitrogens with one attached hydrogen (secondary N) is 3. The molecule has 16 heteroatoms. The predicted octanol–water partition coefficient (Wildman–Crippen LogP) is 4.78. The van der Waals surface area contributed by atoms with Gasteiger partial charge in [-0.1, -0.05) is 89.2 Å². The maximum Gasteiger partial charge on any atom is 0.407 e. The number of hydrogen-bond donors (Lipinski definition) is 5. The second-order valence-corrected chi connectivity index (χ2v) is 13.2. The summed E-state index contributed by atoms with van der Waals surface area (Å²) in [5, 5.41) is 34.2. The largest absolute Gasteiger partial charge is 0.481 e. The number of aliphatic carboxylic acids is 2. The number of aromatic nitrogens is 3. The molecule has 1 heterocycles. The summed E-state index contributed by atoms with van der Waals surface area (Å²) in [5.74, 6) is -2.52. The Labute approximate surface area is 314 Å². The van der Waals surface area contributed by atoms with E-state index in [1.807, 2.05) is 0 Å². The van der Waals surface area contributed by atoms with Crippen LogP contribution < -0.4 is 16.0 Å². The molecule has 0 aromatic carbocycles. The Bertz CT molecular complexity index is 1140. The van der Waals surface area contributed by atoms with Crippen molar-refractivity contribution in [1.29, 1.82) is 0 Å². The van der Waals surface area contributed by atoms with E-state index >= 15 is 0 Å². The SMILES string of the molecule is CCCCCNC(=O)OCCc1cn(CCOCCOCCNC(=O)CCC(NC(=O)CCCCCCCCCCCCCCC(=O)O)C(=O)O)nn1. The van der Waals surface area contributed by atoms with E-state index in [4.69, 9.17) is 19.3 Å². The summed E-state index contributed by atoms with van der Waals surface area (Å²) in [5.41, 5.74) is 0.717. The highest BCUT2D eigenvalue weighted by molar-refractivity contribution is 5.84. The third kappa shape index (κ3) is 29.4. The van der Waals surface area contributed by atoms with Gasteiger partial charge in [0.25, 0.3) is 0 Å². The molecule has 0 radical (unpaired) electrons. The molecule has 0 bridgehead atoms. The molecule has 1 aromatic heterocycles. The molecule has 0 saturated carbocycles. The molecule has 16 nitrogen and oxygen atoms in total. The molecule has 0 fully saturated rings. The first-order chi connectivity index (χ1) is 25.7. The van der Waals surface area contributed by atoms with Gasteiger partial charge < -0.3 is 40.4 Å². The number of ether oxygens (including phenoxy) is 3. The van der Waals surface area contributed by atoms with Gasteiger partial charge in [0, 0.05) is 45.0 Å². The van der Waals surface area contributed by atoms with Crippen LogP contribution in [0.1, 0.15) is 135 Å². The number of carbonyl (C=O) groups is 5. The van der Waals surface area contributed by atoms with Crippen LogP contribution in [0.3, 0.4) is 0 Å². The van der Waals surface area contributed by atoms with E-state index < -0.39 is 24.1 Å². The van der Waals surface area contributed by atoms with Crippen LogP contribution in [0, 0.1) is 0 Å². The number of carboxylic acids is 2. The molecule has 0 aliphatic heterocycles. The smallest absolute Gasteiger partial charge is 0.407 e. The van der Waals surface area contributed by atoms with Crippen LogP contribution in [0.25, 0.3) is 0 Å². The van der Waals surface area contributed by atoms with Crippen molar-refractivity contribution >= 4 is 29.8 Å². The van der Waals surface area contributed by atoms with Gasteiger partial charge in [0.15, 0.2) is 0 Å². The molecule has 0 aliphatic carbocycles. The van der Waals surface area contributed by atoms with E-state index in [-0.39, 0.29) is 57.3 Å². The van der Waals surface area contributed by atoms with E-state index in [2.05, 4.69) is 33.2 Å². The molecule has 3 amide bonds. The van der Waals surface area contributed by atoms with Gasteiger partial charge in [-0.15, -0.1) is 5.10 Å². The topological polar surface area (TPSA) is 220 Å². The van der Waals surface area contributed by atoms with Crippen molar-refractivity contribution in [3.05, 3.63) is 11.9 Å². The fourth-order valence-corrected chi connectivity index (χ4v) is 5.39. The molecule has 1 unspecified atom stereocenters. The van der Waals surface area contributed by atoms with Gasteiger partial charge in [0.05, 0.1) is 45.3 Å². The summed E-state index contributed by atoms with van der Waals surface area (Å²) in [6, 6.07) is -1.12. The van der Waals surface area contributed by atoms with E-state index in [1.54, 1.807) is 10.9 Å². The first-order valence-corrected chi connectivity index (χ1v) is 19.7. The Morgan fingerprint density at radius 1 is 0.698 bits per heavy atom. The lowest BCUT2D eigenvalue weighted by Gasteiger charge is -2.14. The second kappa shape index (κ2) is 32.8. The summed E-state index contributed by atoms with van der Waals surface area (Å²) < 4.78 is 17.8. The fourth-order valence-electron chi connectivity index (χ4n) is 5.39. The molecule has 304 valence electrons.